The first-order valence-corrected chi connectivity index (χ1v) is 3.58. The van der Waals surface area contributed by atoms with Crippen LogP contribution >= 0.6 is 0 Å². The molecule has 0 bridgehead atoms. The molecule has 1 saturated heterocycles. The predicted molar refractivity (Wildman–Crippen MR) is 40.2 cm³/mol. The van der Waals surface area contributed by atoms with Gasteiger partial charge in [-0.3, -0.25) is 20.2 Å². The van der Waals surface area contributed by atoms with Crippen LogP contribution in [0.4, 0.5) is 4.79 Å². The summed E-state index contributed by atoms with van der Waals surface area (Å²) in [7, 11) is 0. The van der Waals surface area contributed by atoms with Crippen LogP contribution in [-0.4, -0.2) is 30.2 Å². The molecule has 1 heterocycles. The molecule has 1 aliphatic heterocycles. The molecule has 0 spiro atoms. The monoisotopic (exact) mass is 187 g/mol. The van der Waals surface area contributed by atoms with E-state index in [1.165, 1.54) is 6.92 Å². The first-order chi connectivity index (χ1) is 6.00. The van der Waals surface area contributed by atoms with Crippen molar-refractivity contribution >= 4 is 17.9 Å². The average Bonchev–Trinajstić information content (AvgIpc) is 2.30. The number of carbonyl (C=O) groups is 3. The smallest absolute Gasteiger partial charge is 0.324 e. The van der Waals surface area contributed by atoms with Gasteiger partial charge in [-0.2, -0.15) is 0 Å². The Morgan fingerprint density at radius 1 is 1.62 bits per heavy atom. The second-order valence-corrected chi connectivity index (χ2v) is 2.57. The number of imide groups is 1. The molecule has 13 heavy (non-hydrogen) atoms. The molecule has 0 radical (unpaired) electrons. The maximum atomic E-state index is 10.9. The molecule has 7 nitrogen and oxygen atoms in total. The van der Waals surface area contributed by atoms with Crippen LogP contribution in [0.15, 0.2) is 0 Å². The van der Waals surface area contributed by atoms with E-state index >= 15 is 0 Å². The molecule has 3 amide bonds. The van der Waals surface area contributed by atoms with E-state index in [0.717, 1.165) is 0 Å². The molecule has 1 fully saturated rings. The lowest BCUT2D eigenvalue weighted by Gasteiger charge is -2.10. The fourth-order valence-corrected chi connectivity index (χ4v) is 0.705. The number of hydrogen-bond acceptors (Lipinski definition) is 5. The molecule has 1 aliphatic rings. The number of ether oxygens (including phenoxy) is 1. The van der Waals surface area contributed by atoms with Gasteiger partial charge in [-0.25, -0.2) is 4.79 Å². The minimum atomic E-state index is -1.26. The Balaban J connectivity index is 2.51. The number of nitrogens with one attached hydrogen (secondary N) is 2. The van der Waals surface area contributed by atoms with E-state index in [0.29, 0.717) is 0 Å². The third-order valence-corrected chi connectivity index (χ3v) is 1.34. The third-order valence-electron chi connectivity index (χ3n) is 1.34. The first-order valence-electron chi connectivity index (χ1n) is 3.58. The van der Waals surface area contributed by atoms with E-state index in [1.807, 2.05) is 5.32 Å². The molecule has 0 aromatic rings. The zero-order valence-electron chi connectivity index (χ0n) is 6.87. The second-order valence-electron chi connectivity index (χ2n) is 2.57. The van der Waals surface area contributed by atoms with Crippen molar-refractivity contribution < 1.29 is 19.1 Å². The summed E-state index contributed by atoms with van der Waals surface area (Å²) < 4.78 is 4.55. The minimum Gasteiger partial charge on any atom is -0.431 e. The molecular weight excluding hydrogens is 178 g/mol. The van der Waals surface area contributed by atoms with Crippen molar-refractivity contribution in [3.63, 3.8) is 0 Å². The lowest BCUT2D eigenvalue weighted by atomic mass is 10.4. The second kappa shape index (κ2) is 3.40. The summed E-state index contributed by atoms with van der Waals surface area (Å²) in [6.07, 6.45) is -1.26. The highest BCUT2D eigenvalue weighted by atomic mass is 16.6. The third kappa shape index (κ3) is 2.15. The summed E-state index contributed by atoms with van der Waals surface area (Å²) in [5.41, 5.74) is 5.18. The topological polar surface area (TPSA) is 111 Å². The lowest BCUT2D eigenvalue weighted by Crippen LogP contribution is -2.39. The first kappa shape index (κ1) is 9.46. The van der Waals surface area contributed by atoms with Crippen molar-refractivity contribution in [1.82, 2.24) is 10.6 Å². The largest absolute Gasteiger partial charge is 0.431 e. The Hall–Kier alpha value is -1.63. The maximum Gasteiger partial charge on any atom is 0.324 e. The van der Waals surface area contributed by atoms with Gasteiger partial charge in [0.05, 0.1) is 0 Å². The lowest BCUT2D eigenvalue weighted by molar-refractivity contribution is -0.156. The number of urea groups is 1. The molecule has 72 valence electrons. The predicted octanol–water partition coefficient (Wildman–Crippen LogP) is -1.96. The van der Waals surface area contributed by atoms with Crippen LogP contribution in [-0.2, 0) is 14.3 Å². The van der Waals surface area contributed by atoms with Gasteiger partial charge >= 0.3 is 12.0 Å². The van der Waals surface area contributed by atoms with Gasteiger partial charge in [0.2, 0.25) is 0 Å². The minimum absolute atomic E-state index is 0.688. The van der Waals surface area contributed by atoms with E-state index < -0.39 is 30.2 Å². The summed E-state index contributed by atoms with van der Waals surface area (Å²) in [6, 6.07) is -1.52. The number of amides is 3. The van der Waals surface area contributed by atoms with Crippen molar-refractivity contribution in [2.45, 2.75) is 19.2 Å². The van der Waals surface area contributed by atoms with E-state index in [-0.39, 0.29) is 0 Å². The van der Waals surface area contributed by atoms with Gasteiger partial charge in [-0.1, -0.05) is 0 Å². The molecule has 0 aromatic carbocycles. The number of carbonyl (C=O) groups excluding carboxylic acids is 3. The highest BCUT2D eigenvalue weighted by Gasteiger charge is 2.33. The quantitative estimate of drug-likeness (QED) is 0.343. The van der Waals surface area contributed by atoms with Gasteiger partial charge in [0.15, 0.2) is 0 Å². The van der Waals surface area contributed by atoms with Crippen molar-refractivity contribution in [3.8, 4) is 0 Å². The van der Waals surface area contributed by atoms with Gasteiger partial charge in [-0.15, -0.1) is 0 Å². The molecule has 4 N–H and O–H groups in total. The van der Waals surface area contributed by atoms with Gasteiger partial charge in [-0.05, 0) is 6.92 Å². The fourth-order valence-electron chi connectivity index (χ4n) is 0.705. The van der Waals surface area contributed by atoms with Crippen LogP contribution in [0.3, 0.4) is 0 Å². The fraction of sp³-hybridized carbons (Fsp3) is 0.500. The molecule has 2 atom stereocenters. The zero-order valence-corrected chi connectivity index (χ0v) is 6.87. The molecule has 0 saturated carbocycles. The maximum absolute atomic E-state index is 10.9. The molecule has 7 heteroatoms. The Morgan fingerprint density at radius 2 is 2.23 bits per heavy atom. The molecule has 1 rings (SSSR count). The van der Waals surface area contributed by atoms with Crippen molar-refractivity contribution in [1.29, 1.82) is 0 Å². The van der Waals surface area contributed by atoms with Crippen LogP contribution in [0.2, 0.25) is 0 Å². The van der Waals surface area contributed by atoms with E-state index in [1.54, 1.807) is 0 Å². The summed E-state index contributed by atoms with van der Waals surface area (Å²) in [4.78, 5) is 32.3. The van der Waals surface area contributed by atoms with E-state index in [4.69, 9.17) is 5.73 Å². The summed E-state index contributed by atoms with van der Waals surface area (Å²) >= 11 is 0. The standard InChI is InChI=1S/C6H9N3O4/c1-2(7)5(11)13-4-3(10)8-6(12)9-4/h2,4H,7H2,1H3,(H2,8,9,10,12)/t2-,4?/m0/s1. The summed E-state index contributed by atoms with van der Waals surface area (Å²) in [5, 5.41) is 4.00. The van der Waals surface area contributed by atoms with Crippen LogP contribution in [0.1, 0.15) is 6.92 Å². The Bertz CT molecular complexity index is 263. The SMILES string of the molecule is C[C@H](N)C(=O)OC1NC(=O)NC1=O. The number of hydrogen-bond donors (Lipinski definition) is 3. The highest BCUT2D eigenvalue weighted by Crippen LogP contribution is 1.97. The van der Waals surface area contributed by atoms with Gasteiger partial charge in [0.25, 0.3) is 12.1 Å². The molecule has 1 unspecified atom stereocenters. The molecule has 0 aromatic heterocycles. The van der Waals surface area contributed by atoms with Gasteiger partial charge in [0, 0.05) is 0 Å². The Morgan fingerprint density at radius 3 is 2.62 bits per heavy atom. The summed E-state index contributed by atoms with van der Waals surface area (Å²) in [6.45, 7) is 1.41. The van der Waals surface area contributed by atoms with Crippen molar-refractivity contribution in [2.24, 2.45) is 5.73 Å². The Kier molecular flexibility index (Phi) is 2.47. The summed E-state index contributed by atoms with van der Waals surface area (Å²) in [5.74, 6) is -1.44. The van der Waals surface area contributed by atoms with Crippen molar-refractivity contribution in [2.75, 3.05) is 0 Å². The molecular formula is C6H9N3O4. The highest BCUT2D eigenvalue weighted by molar-refractivity contribution is 6.04. The number of esters is 1. The zero-order chi connectivity index (χ0) is 10.0. The van der Waals surface area contributed by atoms with Crippen LogP contribution in [0.5, 0.6) is 0 Å². The van der Waals surface area contributed by atoms with E-state index in [2.05, 4.69) is 10.1 Å². The Labute approximate surface area is 73.6 Å². The van der Waals surface area contributed by atoms with Crippen LogP contribution in [0.25, 0.3) is 0 Å². The van der Waals surface area contributed by atoms with Crippen molar-refractivity contribution in [3.05, 3.63) is 0 Å². The van der Waals surface area contributed by atoms with Crippen LogP contribution in [0, 0.1) is 0 Å². The molecule has 0 aliphatic carbocycles. The number of rotatable bonds is 2. The normalized spacial score (nSPS) is 23.4. The number of nitrogens with two attached hydrogens (primary N) is 1. The van der Waals surface area contributed by atoms with Gasteiger partial charge in [0.1, 0.15) is 6.04 Å². The van der Waals surface area contributed by atoms with Crippen LogP contribution < -0.4 is 16.4 Å². The van der Waals surface area contributed by atoms with E-state index in [9.17, 15) is 14.4 Å². The van der Waals surface area contributed by atoms with Gasteiger partial charge < -0.3 is 10.5 Å². The average molecular weight is 187 g/mol.